The van der Waals surface area contributed by atoms with Crippen LogP contribution in [0.4, 0.5) is 8.78 Å². The van der Waals surface area contributed by atoms with E-state index in [2.05, 4.69) is 19.2 Å². The molecular weight excluding hydrogens is 272 g/mol. The molecule has 0 unspecified atom stereocenters. The molecule has 0 saturated heterocycles. The van der Waals surface area contributed by atoms with Gasteiger partial charge in [0.25, 0.3) is 0 Å². The predicted octanol–water partition coefficient (Wildman–Crippen LogP) is 4.50. The molecule has 0 aliphatic carbocycles. The van der Waals surface area contributed by atoms with Crippen molar-refractivity contribution in [3.8, 4) is 11.5 Å². The van der Waals surface area contributed by atoms with Crippen LogP contribution in [0.5, 0.6) is 11.5 Å². The minimum absolute atomic E-state index is 0.314. The number of ether oxygens (including phenoxy) is 1. The van der Waals surface area contributed by atoms with Crippen LogP contribution in [0.2, 0.25) is 0 Å². The third-order valence-electron chi connectivity index (χ3n) is 2.97. The van der Waals surface area contributed by atoms with E-state index in [1.807, 2.05) is 0 Å². The Morgan fingerprint density at radius 2 is 1.76 bits per heavy atom. The Labute approximate surface area is 123 Å². The number of rotatable bonds is 6. The minimum atomic E-state index is -0.333. The standard InChI is InChI=1S/C17H19F2NO/c1-12(2)10-20-11-15-16(19)4-3-5-17(15)21-14-8-6-13(18)7-9-14/h3-9,12,20H,10-11H2,1-2H3. The first-order valence-electron chi connectivity index (χ1n) is 6.98. The molecule has 2 rings (SSSR count). The fourth-order valence-corrected chi connectivity index (χ4v) is 1.92. The van der Waals surface area contributed by atoms with Crippen LogP contribution in [-0.4, -0.2) is 6.54 Å². The quantitative estimate of drug-likeness (QED) is 0.846. The van der Waals surface area contributed by atoms with Crippen LogP contribution in [0, 0.1) is 17.6 Å². The number of benzene rings is 2. The lowest BCUT2D eigenvalue weighted by atomic mass is 10.1. The summed E-state index contributed by atoms with van der Waals surface area (Å²) in [7, 11) is 0. The van der Waals surface area contributed by atoms with Crippen LogP contribution in [-0.2, 0) is 6.54 Å². The monoisotopic (exact) mass is 291 g/mol. The number of halogens is 2. The van der Waals surface area contributed by atoms with E-state index in [0.717, 1.165) is 6.54 Å². The highest BCUT2D eigenvalue weighted by atomic mass is 19.1. The molecule has 0 aromatic heterocycles. The van der Waals surface area contributed by atoms with Gasteiger partial charge < -0.3 is 10.1 Å². The Hall–Kier alpha value is -1.94. The lowest BCUT2D eigenvalue weighted by Crippen LogP contribution is -2.20. The van der Waals surface area contributed by atoms with Crippen molar-refractivity contribution in [2.24, 2.45) is 5.92 Å². The summed E-state index contributed by atoms with van der Waals surface area (Å²) in [4.78, 5) is 0. The largest absolute Gasteiger partial charge is 0.457 e. The van der Waals surface area contributed by atoms with Crippen LogP contribution in [0.1, 0.15) is 19.4 Å². The summed E-state index contributed by atoms with van der Waals surface area (Å²) in [6.07, 6.45) is 0. The fourth-order valence-electron chi connectivity index (χ4n) is 1.92. The van der Waals surface area contributed by atoms with Crippen molar-refractivity contribution >= 4 is 0 Å². The van der Waals surface area contributed by atoms with Gasteiger partial charge in [-0.25, -0.2) is 8.78 Å². The third kappa shape index (κ3) is 4.53. The zero-order valence-electron chi connectivity index (χ0n) is 12.2. The normalized spacial score (nSPS) is 10.9. The summed E-state index contributed by atoms with van der Waals surface area (Å²) < 4.78 is 32.5. The zero-order valence-corrected chi connectivity index (χ0v) is 12.2. The molecule has 0 aliphatic rings. The molecule has 1 N–H and O–H groups in total. The maximum Gasteiger partial charge on any atom is 0.134 e. The van der Waals surface area contributed by atoms with Crippen molar-refractivity contribution in [1.82, 2.24) is 5.32 Å². The Bertz CT molecular complexity index is 582. The Morgan fingerprint density at radius 1 is 1.05 bits per heavy atom. The van der Waals surface area contributed by atoms with Crippen LogP contribution < -0.4 is 10.1 Å². The average molecular weight is 291 g/mol. The molecule has 0 saturated carbocycles. The summed E-state index contributed by atoms with van der Waals surface area (Å²) in [6, 6.07) is 10.4. The van der Waals surface area contributed by atoms with E-state index < -0.39 is 0 Å². The first kappa shape index (κ1) is 15.4. The van der Waals surface area contributed by atoms with E-state index in [0.29, 0.717) is 29.5 Å². The molecule has 21 heavy (non-hydrogen) atoms. The molecule has 112 valence electrons. The van der Waals surface area contributed by atoms with Gasteiger partial charge in [-0.05, 0) is 48.9 Å². The highest BCUT2D eigenvalue weighted by molar-refractivity contribution is 5.38. The highest BCUT2D eigenvalue weighted by Gasteiger charge is 2.10. The molecule has 2 aromatic rings. The highest BCUT2D eigenvalue weighted by Crippen LogP contribution is 2.27. The summed E-state index contributed by atoms with van der Waals surface area (Å²) in [6.45, 7) is 5.36. The molecule has 0 fully saturated rings. The van der Waals surface area contributed by atoms with Gasteiger partial charge in [0.05, 0.1) is 0 Å². The van der Waals surface area contributed by atoms with Crippen molar-refractivity contribution in [2.45, 2.75) is 20.4 Å². The van der Waals surface area contributed by atoms with Crippen molar-refractivity contribution in [3.63, 3.8) is 0 Å². The Morgan fingerprint density at radius 3 is 2.43 bits per heavy atom. The first-order chi connectivity index (χ1) is 10.1. The van der Waals surface area contributed by atoms with Gasteiger partial charge in [-0.3, -0.25) is 0 Å². The van der Waals surface area contributed by atoms with Gasteiger partial charge in [-0.15, -0.1) is 0 Å². The maximum absolute atomic E-state index is 14.0. The predicted molar refractivity (Wildman–Crippen MR) is 79.4 cm³/mol. The second-order valence-corrected chi connectivity index (χ2v) is 5.30. The summed E-state index contributed by atoms with van der Waals surface area (Å²) in [5.41, 5.74) is 0.475. The van der Waals surface area contributed by atoms with Crippen LogP contribution in [0.15, 0.2) is 42.5 Å². The second kappa shape index (κ2) is 7.18. The first-order valence-corrected chi connectivity index (χ1v) is 6.98. The Kier molecular flexibility index (Phi) is 5.28. The van der Waals surface area contributed by atoms with Gasteiger partial charge in [0.15, 0.2) is 0 Å². The third-order valence-corrected chi connectivity index (χ3v) is 2.97. The molecule has 0 spiro atoms. The van der Waals surface area contributed by atoms with Gasteiger partial charge in [0.1, 0.15) is 23.1 Å². The number of hydrogen-bond donors (Lipinski definition) is 1. The molecular formula is C17H19F2NO. The van der Waals surface area contributed by atoms with Crippen LogP contribution in [0.3, 0.4) is 0 Å². The SMILES string of the molecule is CC(C)CNCc1c(F)cccc1Oc1ccc(F)cc1. The fraction of sp³-hybridized carbons (Fsp3) is 0.294. The van der Waals surface area contributed by atoms with Gasteiger partial charge in [-0.2, -0.15) is 0 Å². The summed E-state index contributed by atoms with van der Waals surface area (Å²) in [5, 5.41) is 3.20. The topological polar surface area (TPSA) is 21.3 Å². The molecule has 0 atom stereocenters. The van der Waals surface area contributed by atoms with E-state index in [1.165, 1.54) is 30.3 Å². The van der Waals surface area contributed by atoms with Gasteiger partial charge in [-0.1, -0.05) is 19.9 Å². The smallest absolute Gasteiger partial charge is 0.134 e. The van der Waals surface area contributed by atoms with Gasteiger partial charge in [0, 0.05) is 12.1 Å². The van der Waals surface area contributed by atoms with Crippen LogP contribution >= 0.6 is 0 Å². The Balaban J connectivity index is 2.14. The summed E-state index contributed by atoms with van der Waals surface area (Å²) >= 11 is 0. The number of hydrogen-bond acceptors (Lipinski definition) is 2. The molecule has 2 aromatic carbocycles. The van der Waals surface area contributed by atoms with Crippen molar-refractivity contribution in [1.29, 1.82) is 0 Å². The number of nitrogens with one attached hydrogen (secondary N) is 1. The van der Waals surface area contributed by atoms with Crippen molar-refractivity contribution < 1.29 is 13.5 Å². The van der Waals surface area contributed by atoms with E-state index in [-0.39, 0.29) is 11.6 Å². The second-order valence-electron chi connectivity index (χ2n) is 5.30. The zero-order chi connectivity index (χ0) is 15.2. The van der Waals surface area contributed by atoms with Crippen molar-refractivity contribution in [3.05, 3.63) is 59.7 Å². The molecule has 0 aliphatic heterocycles. The molecule has 2 nitrogen and oxygen atoms in total. The lowest BCUT2D eigenvalue weighted by molar-refractivity contribution is 0.456. The lowest BCUT2D eigenvalue weighted by Gasteiger charge is -2.13. The van der Waals surface area contributed by atoms with Gasteiger partial charge >= 0.3 is 0 Å². The molecule has 4 heteroatoms. The summed E-state index contributed by atoms with van der Waals surface area (Å²) in [5.74, 6) is 0.759. The van der Waals surface area contributed by atoms with E-state index in [1.54, 1.807) is 12.1 Å². The van der Waals surface area contributed by atoms with Crippen molar-refractivity contribution in [2.75, 3.05) is 6.54 Å². The minimum Gasteiger partial charge on any atom is -0.457 e. The van der Waals surface area contributed by atoms with E-state index >= 15 is 0 Å². The van der Waals surface area contributed by atoms with E-state index in [9.17, 15) is 8.78 Å². The molecule has 0 radical (unpaired) electrons. The van der Waals surface area contributed by atoms with Gasteiger partial charge in [0.2, 0.25) is 0 Å². The average Bonchev–Trinajstić information content (AvgIpc) is 2.44. The molecule has 0 bridgehead atoms. The molecule has 0 amide bonds. The molecule has 0 heterocycles. The van der Waals surface area contributed by atoms with Crippen LogP contribution in [0.25, 0.3) is 0 Å². The maximum atomic E-state index is 14.0. The van der Waals surface area contributed by atoms with E-state index in [4.69, 9.17) is 4.74 Å².